The minimum Gasteiger partial charge on any atom is -0.482 e. The first-order chi connectivity index (χ1) is 9.58. The minimum absolute atomic E-state index is 0.0832. The number of rotatable bonds is 4. The number of anilines is 2. The molecule has 20 heavy (non-hydrogen) atoms. The van der Waals surface area contributed by atoms with Crippen molar-refractivity contribution in [3.63, 3.8) is 0 Å². The van der Waals surface area contributed by atoms with E-state index >= 15 is 0 Å². The van der Waals surface area contributed by atoms with Crippen LogP contribution in [-0.2, 0) is 4.79 Å². The topological polar surface area (TPSA) is 64.3 Å². The zero-order valence-corrected chi connectivity index (χ0v) is 12.6. The second-order valence-electron chi connectivity index (χ2n) is 4.29. The van der Waals surface area contributed by atoms with Gasteiger partial charge in [0.15, 0.2) is 6.61 Å². The van der Waals surface area contributed by atoms with Crippen molar-refractivity contribution in [3.8, 4) is 5.75 Å². The van der Waals surface area contributed by atoms with E-state index in [0.717, 1.165) is 15.7 Å². The molecule has 2 rings (SSSR count). The normalized spacial score (nSPS) is 10.1. The monoisotopic (exact) mass is 334 g/mol. The van der Waals surface area contributed by atoms with E-state index in [0.29, 0.717) is 11.4 Å². The molecule has 0 aromatic heterocycles. The fourth-order valence-corrected chi connectivity index (χ4v) is 2.05. The van der Waals surface area contributed by atoms with Crippen molar-refractivity contribution in [2.45, 2.75) is 6.92 Å². The number of para-hydroxylation sites is 2. The number of benzene rings is 2. The Morgan fingerprint density at radius 1 is 1.25 bits per heavy atom. The van der Waals surface area contributed by atoms with Gasteiger partial charge in [0, 0.05) is 10.2 Å². The molecule has 0 saturated heterocycles. The van der Waals surface area contributed by atoms with E-state index in [1.165, 1.54) is 0 Å². The van der Waals surface area contributed by atoms with Crippen LogP contribution < -0.4 is 15.8 Å². The molecule has 2 aromatic carbocycles. The van der Waals surface area contributed by atoms with Crippen LogP contribution >= 0.6 is 15.9 Å². The maximum Gasteiger partial charge on any atom is 0.262 e. The number of hydrogen-bond acceptors (Lipinski definition) is 3. The molecule has 0 radical (unpaired) electrons. The minimum atomic E-state index is -0.227. The SMILES string of the molecule is Cc1c(Br)cccc1NC(=O)COc1ccccc1N. The standard InChI is InChI=1S/C15H15BrN2O2/c1-10-11(16)5-4-7-13(10)18-15(19)9-20-14-8-3-2-6-12(14)17/h2-8H,9,17H2,1H3,(H,18,19). The van der Waals surface area contributed by atoms with Crippen LogP contribution in [0, 0.1) is 6.92 Å². The highest BCUT2D eigenvalue weighted by molar-refractivity contribution is 9.10. The van der Waals surface area contributed by atoms with Gasteiger partial charge in [0.05, 0.1) is 5.69 Å². The summed E-state index contributed by atoms with van der Waals surface area (Å²) in [4.78, 5) is 11.9. The molecule has 0 saturated carbocycles. The third-order valence-corrected chi connectivity index (χ3v) is 3.68. The molecule has 0 bridgehead atoms. The van der Waals surface area contributed by atoms with Crippen LogP contribution in [0.2, 0.25) is 0 Å². The number of carbonyl (C=O) groups is 1. The van der Waals surface area contributed by atoms with Crippen molar-refractivity contribution in [2.24, 2.45) is 0 Å². The molecular weight excluding hydrogens is 320 g/mol. The fraction of sp³-hybridized carbons (Fsp3) is 0.133. The van der Waals surface area contributed by atoms with E-state index in [2.05, 4.69) is 21.2 Å². The highest BCUT2D eigenvalue weighted by Gasteiger charge is 2.08. The lowest BCUT2D eigenvalue weighted by atomic mass is 10.2. The van der Waals surface area contributed by atoms with Gasteiger partial charge >= 0.3 is 0 Å². The average molecular weight is 335 g/mol. The van der Waals surface area contributed by atoms with Gasteiger partial charge in [0.1, 0.15) is 5.75 Å². The maximum atomic E-state index is 11.9. The highest BCUT2D eigenvalue weighted by atomic mass is 79.9. The summed E-state index contributed by atoms with van der Waals surface area (Å²) in [5.41, 5.74) is 7.98. The Morgan fingerprint density at radius 3 is 2.75 bits per heavy atom. The van der Waals surface area contributed by atoms with Gasteiger partial charge in [-0.2, -0.15) is 0 Å². The van der Waals surface area contributed by atoms with Crippen LogP contribution in [0.4, 0.5) is 11.4 Å². The van der Waals surface area contributed by atoms with Gasteiger partial charge in [0.25, 0.3) is 5.91 Å². The number of nitrogens with one attached hydrogen (secondary N) is 1. The van der Waals surface area contributed by atoms with Gasteiger partial charge in [-0.05, 0) is 36.8 Å². The molecule has 0 atom stereocenters. The molecule has 0 aliphatic carbocycles. The summed E-state index contributed by atoms with van der Waals surface area (Å²) in [6, 6.07) is 12.7. The van der Waals surface area contributed by atoms with E-state index in [1.54, 1.807) is 12.1 Å². The fourth-order valence-electron chi connectivity index (χ4n) is 1.68. The van der Waals surface area contributed by atoms with Crippen molar-refractivity contribution >= 4 is 33.2 Å². The van der Waals surface area contributed by atoms with E-state index in [1.807, 2.05) is 37.3 Å². The lowest BCUT2D eigenvalue weighted by Crippen LogP contribution is -2.21. The highest BCUT2D eigenvalue weighted by Crippen LogP contribution is 2.23. The second kappa shape index (κ2) is 6.43. The molecule has 0 unspecified atom stereocenters. The van der Waals surface area contributed by atoms with Crippen LogP contribution in [0.15, 0.2) is 46.9 Å². The lowest BCUT2D eigenvalue weighted by Gasteiger charge is -2.11. The first-order valence-electron chi connectivity index (χ1n) is 6.10. The molecule has 0 aliphatic heterocycles. The molecule has 5 heteroatoms. The summed E-state index contributed by atoms with van der Waals surface area (Å²) in [6.45, 7) is 1.84. The van der Waals surface area contributed by atoms with Crippen LogP contribution in [0.5, 0.6) is 5.75 Å². The predicted molar refractivity (Wildman–Crippen MR) is 83.9 cm³/mol. The van der Waals surface area contributed by atoms with E-state index < -0.39 is 0 Å². The molecular formula is C15H15BrN2O2. The number of carbonyl (C=O) groups excluding carboxylic acids is 1. The number of nitrogens with two attached hydrogens (primary N) is 1. The smallest absolute Gasteiger partial charge is 0.262 e. The van der Waals surface area contributed by atoms with Crippen LogP contribution in [-0.4, -0.2) is 12.5 Å². The summed E-state index contributed by atoms with van der Waals surface area (Å²) in [7, 11) is 0. The summed E-state index contributed by atoms with van der Waals surface area (Å²) in [5.74, 6) is 0.281. The van der Waals surface area contributed by atoms with Gasteiger partial charge < -0.3 is 15.8 Å². The van der Waals surface area contributed by atoms with Crippen molar-refractivity contribution in [1.82, 2.24) is 0 Å². The Balaban J connectivity index is 1.96. The first-order valence-corrected chi connectivity index (χ1v) is 6.89. The van der Waals surface area contributed by atoms with Gasteiger partial charge in [0.2, 0.25) is 0 Å². The zero-order valence-electron chi connectivity index (χ0n) is 11.0. The van der Waals surface area contributed by atoms with Crippen LogP contribution in [0.3, 0.4) is 0 Å². The van der Waals surface area contributed by atoms with Gasteiger partial charge in [-0.15, -0.1) is 0 Å². The maximum absolute atomic E-state index is 11.9. The first kappa shape index (κ1) is 14.4. The summed E-state index contributed by atoms with van der Waals surface area (Å²) in [5, 5.41) is 2.81. The Morgan fingerprint density at radius 2 is 2.00 bits per heavy atom. The summed E-state index contributed by atoms with van der Waals surface area (Å²) < 4.78 is 6.34. The molecule has 0 heterocycles. The van der Waals surface area contributed by atoms with Crippen molar-refractivity contribution in [1.29, 1.82) is 0 Å². The molecule has 104 valence electrons. The van der Waals surface area contributed by atoms with Crippen molar-refractivity contribution in [2.75, 3.05) is 17.7 Å². The number of halogens is 1. The number of ether oxygens (including phenoxy) is 1. The van der Waals surface area contributed by atoms with Crippen molar-refractivity contribution < 1.29 is 9.53 Å². The average Bonchev–Trinajstić information content (AvgIpc) is 2.43. The third-order valence-electron chi connectivity index (χ3n) is 2.82. The molecule has 3 N–H and O–H groups in total. The van der Waals surface area contributed by atoms with Gasteiger partial charge in [-0.3, -0.25) is 4.79 Å². The molecule has 0 aliphatic rings. The molecule has 1 amide bonds. The van der Waals surface area contributed by atoms with Crippen LogP contribution in [0.1, 0.15) is 5.56 Å². The van der Waals surface area contributed by atoms with E-state index in [-0.39, 0.29) is 12.5 Å². The Bertz CT molecular complexity index is 629. The Labute approximate surface area is 126 Å². The predicted octanol–water partition coefficient (Wildman–Crippen LogP) is 3.36. The number of hydrogen-bond donors (Lipinski definition) is 2. The number of nitrogen functional groups attached to an aromatic ring is 1. The van der Waals surface area contributed by atoms with Crippen LogP contribution in [0.25, 0.3) is 0 Å². The Hall–Kier alpha value is -2.01. The van der Waals surface area contributed by atoms with E-state index in [4.69, 9.17) is 10.5 Å². The second-order valence-corrected chi connectivity index (χ2v) is 5.14. The third kappa shape index (κ3) is 3.51. The van der Waals surface area contributed by atoms with Gasteiger partial charge in [-0.25, -0.2) is 0 Å². The van der Waals surface area contributed by atoms with Gasteiger partial charge in [-0.1, -0.05) is 34.1 Å². The molecule has 4 nitrogen and oxygen atoms in total. The van der Waals surface area contributed by atoms with Crippen molar-refractivity contribution in [3.05, 3.63) is 52.5 Å². The zero-order chi connectivity index (χ0) is 14.5. The summed E-state index contributed by atoms with van der Waals surface area (Å²) in [6.07, 6.45) is 0. The van der Waals surface area contributed by atoms with E-state index in [9.17, 15) is 4.79 Å². The lowest BCUT2D eigenvalue weighted by molar-refractivity contribution is -0.118. The Kier molecular flexibility index (Phi) is 4.63. The summed E-state index contributed by atoms with van der Waals surface area (Å²) >= 11 is 3.42. The number of amides is 1. The quantitative estimate of drug-likeness (QED) is 0.842. The molecule has 0 spiro atoms. The molecule has 2 aromatic rings. The largest absolute Gasteiger partial charge is 0.482 e. The molecule has 0 fully saturated rings.